The van der Waals surface area contributed by atoms with E-state index in [4.69, 9.17) is 4.42 Å². The lowest BCUT2D eigenvalue weighted by Crippen LogP contribution is -2.25. The van der Waals surface area contributed by atoms with Crippen LogP contribution in [-0.2, 0) is 5.41 Å². The van der Waals surface area contributed by atoms with Crippen molar-refractivity contribution in [1.29, 1.82) is 0 Å². The van der Waals surface area contributed by atoms with Gasteiger partial charge in [-0.25, -0.2) is 0 Å². The highest BCUT2D eigenvalue weighted by molar-refractivity contribution is 6.26. The van der Waals surface area contributed by atoms with Crippen LogP contribution in [0.2, 0.25) is 0 Å². The Morgan fingerprint density at radius 2 is 0.800 bits per heavy atom. The molecule has 0 amide bonds. The monoisotopic (exact) mass is 632 g/mol. The molecule has 0 saturated heterocycles. The van der Waals surface area contributed by atoms with Crippen molar-refractivity contribution < 1.29 is 4.42 Å². The van der Waals surface area contributed by atoms with Crippen LogP contribution in [0.15, 0.2) is 174 Å². The van der Waals surface area contributed by atoms with Crippen LogP contribution in [-0.4, -0.2) is 0 Å². The molecule has 10 aromatic rings. The Bertz CT molecular complexity index is 3060. The molecular formula is C49H28O. The maximum Gasteiger partial charge on any atom is 0.143 e. The van der Waals surface area contributed by atoms with E-state index in [1.165, 1.54) is 82.4 Å². The van der Waals surface area contributed by atoms with E-state index in [0.29, 0.717) is 0 Å². The van der Waals surface area contributed by atoms with Gasteiger partial charge < -0.3 is 4.42 Å². The number of hydrogen-bond donors (Lipinski definition) is 0. The lowest BCUT2D eigenvalue weighted by atomic mass is 9.70. The van der Waals surface area contributed by atoms with E-state index < -0.39 is 5.41 Å². The van der Waals surface area contributed by atoms with E-state index in [-0.39, 0.29) is 0 Å². The van der Waals surface area contributed by atoms with E-state index in [9.17, 15) is 0 Å². The Labute approximate surface area is 288 Å². The molecule has 0 saturated carbocycles. The van der Waals surface area contributed by atoms with Crippen LogP contribution >= 0.6 is 0 Å². The highest BCUT2D eigenvalue weighted by Crippen LogP contribution is 2.64. The van der Waals surface area contributed by atoms with Gasteiger partial charge in [-0.1, -0.05) is 146 Å². The van der Waals surface area contributed by atoms with Crippen molar-refractivity contribution in [1.82, 2.24) is 0 Å². The average Bonchev–Trinajstić information content (AvgIpc) is 3.81. The minimum Gasteiger partial charge on any atom is -0.455 e. The van der Waals surface area contributed by atoms with Crippen molar-refractivity contribution in [2.45, 2.75) is 5.41 Å². The number of rotatable bonds is 1. The summed E-state index contributed by atoms with van der Waals surface area (Å²) in [7, 11) is 0. The Morgan fingerprint density at radius 1 is 0.300 bits per heavy atom. The molecule has 0 atom stereocenters. The molecule has 1 heterocycles. The fourth-order valence-electron chi connectivity index (χ4n) is 9.68. The van der Waals surface area contributed by atoms with Gasteiger partial charge in [0.15, 0.2) is 0 Å². The smallest absolute Gasteiger partial charge is 0.143 e. The molecule has 12 rings (SSSR count). The molecule has 1 aromatic heterocycles. The van der Waals surface area contributed by atoms with E-state index in [1.54, 1.807) is 0 Å². The molecule has 9 aromatic carbocycles. The second-order valence-corrected chi connectivity index (χ2v) is 13.9. The first-order chi connectivity index (χ1) is 24.8. The van der Waals surface area contributed by atoms with Crippen molar-refractivity contribution in [2.24, 2.45) is 0 Å². The molecule has 1 nitrogen and oxygen atoms in total. The van der Waals surface area contributed by atoms with E-state index in [1.807, 2.05) is 6.07 Å². The highest BCUT2D eigenvalue weighted by Gasteiger charge is 2.51. The van der Waals surface area contributed by atoms with Crippen molar-refractivity contribution in [3.05, 3.63) is 192 Å². The molecule has 50 heavy (non-hydrogen) atoms. The maximum atomic E-state index is 6.56. The number of benzene rings is 9. The largest absolute Gasteiger partial charge is 0.455 e. The van der Waals surface area contributed by atoms with Gasteiger partial charge in [0.1, 0.15) is 11.2 Å². The fraction of sp³-hybridized carbons (Fsp3) is 0.0204. The molecule has 0 N–H and O–H groups in total. The van der Waals surface area contributed by atoms with Gasteiger partial charge in [-0.15, -0.1) is 0 Å². The van der Waals surface area contributed by atoms with Crippen LogP contribution in [0, 0.1) is 0 Å². The van der Waals surface area contributed by atoms with Gasteiger partial charge in [-0.05, 0) is 107 Å². The summed E-state index contributed by atoms with van der Waals surface area (Å²) >= 11 is 0. The van der Waals surface area contributed by atoms with Crippen molar-refractivity contribution in [3.8, 4) is 33.4 Å². The number of para-hydroxylation sites is 2. The van der Waals surface area contributed by atoms with Gasteiger partial charge in [-0.3, -0.25) is 0 Å². The first kappa shape index (κ1) is 26.5. The molecular weight excluding hydrogens is 605 g/mol. The Morgan fingerprint density at radius 3 is 1.50 bits per heavy atom. The van der Waals surface area contributed by atoms with Gasteiger partial charge >= 0.3 is 0 Å². The molecule has 0 fully saturated rings. The van der Waals surface area contributed by atoms with Gasteiger partial charge in [0.05, 0.1) is 5.41 Å². The topological polar surface area (TPSA) is 13.1 Å². The maximum absolute atomic E-state index is 6.56. The minimum absolute atomic E-state index is 0.428. The molecule has 1 spiro atoms. The minimum atomic E-state index is -0.428. The highest BCUT2D eigenvalue weighted by atomic mass is 16.3. The van der Waals surface area contributed by atoms with Gasteiger partial charge in [0, 0.05) is 16.3 Å². The first-order valence-corrected chi connectivity index (χ1v) is 17.4. The van der Waals surface area contributed by atoms with Gasteiger partial charge in [-0.2, -0.15) is 0 Å². The summed E-state index contributed by atoms with van der Waals surface area (Å²) in [6.45, 7) is 0. The molecule has 2 aliphatic carbocycles. The summed E-state index contributed by atoms with van der Waals surface area (Å²) in [6, 6.07) is 63.1. The molecule has 0 bridgehead atoms. The normalized spacial score (nSPS) is 13.8. The lowest BCUT2D eigenvalue weighted by Gasteiger charge is -2.31. The second-order valence-electron chi connectivity index (χ2n) is 13.9. The van der Waals surface area contributed by atoms with Crippen LogP contribution in [0.4, 0.5) is 0 Å². The predicted octanol–water partition coefficient (Wildman–Crippen LogP) is 13.1. The first-order valence-electron chi connectivity index (χ1n) is 17.4. The summed E-state index contributed by atoms with van der Waals surface area (Å²) in [6.07, 6.45) is 0. The summed E-state index contributed by atoms with van der Waals surface area (Å²) in [5.74, 6) is 0. The second kappa shape index (κ2) is 9.37. The van der Waals surface area contributed by atoms with E-state index in [2.05, 4.69) is 164 Å². The molecule has 0 radical (unpaired) electrons. The Hall–Kier alpha value is -6.44. The van der Waals surface area contributed by atoms with Crippen molar-refractivity contribution in [3.63, 3.8) is 0 Å². The van der Waals surface area contributed by atoms with Crippen LogP contribution in [0.25, 0.3) is 87.6 Å². The van der Waals surface area contributed by atoms with Gasteiger partial charge in [0.2, 0.25) is 0 Å². The zero-order valence-corrected chi connectivity index (χ0v) is 27.1. The number of furan rings is 1. The average molecular weight is 633 g/mol. The number of hydrogen-bond acceptors (Lipinski definition) is 1. The standard InChI is InChI=1S/C49H28O/c1-3-14-33-31(12-1)32-13-2-4-15-34(32)40-28-46-42(27-39(33)40)41-26-29(30-19-11-20-38-37-18-7-10-23-47(37)50-48(30)38)24-25-45(41)49(46)43-21-8-5-16-35(43)36-17-6-9-22-44(36)49/h1-28H. The van der Waals surface area contributed by atoms with Crippen LogP contribution in [0.3, 0.4) is 0 Å². The molecule has 0 aliphatic heterocycles. The van der Waals surface area contributed by atoms with Gasteiger partial charge in [0.25, 0.3) is 0 Å². The molecule has 1 heteroatoms. The zero-order valence-electron chi connectivity index (χ0n) is 27.1. The lowest BCUT2D eigenvalue weighted by molar-refractivity contribution is 0.670. The summed E-state index contributed by atoms with van der Waals surface area (Å²) in [4.78, 5) is 0. The Balaban J connectivity index is 1.24. The van der Waals surface area contributed by atoms with Crippen molar-refractivity contribution in [2.75, 3.05) is 0 Å². The third-order valence-electron chi connectivity index (χ3n) is 11.7. The quantitative estimate of drug-likeness (QED) is 0.164. The zero-order chi connectivity index (χ0) is 32.6. The molecule has 2 aliphatic rings. The summed E-state index contributed by atoms with van der Waals surface area (Å²) in [5, 5.41) is 10.1. The molecule has 230 valence electrons. The number of fused-ring (bicyclic) bond motifs is 19. The fourth-order valence-corrected chi connectivity index (χ4v) is 9.68. The van der Waals surface area contributed by atoms with Crippen LogP contribution in [0.5, 0.6) is 0 Å². The third kappa shape index (κ3) is 3.14. The van der Waals surface area contributed by atoms with Crippen LogP contribution < -0.4 is 0 Å². The van der Waals surface area contributed by atoms with E-state index >= 15 is 0 Å². The summed E-state index contributed by atoms with van der Waals surface area (Å²) < 4.78 is 6.56. The van der Waals surface area contributed by atoms with E-state index in [0.717, 1.165) is 27.5 Å². The summed E-state index contributed by atoms with van der Waals surface area (Å²) in [5.41, 5.74) is 14.4. The predicted molar refractivity (Wildman–Crippen MR) is 208 cm³/mol. The molecule has 0 unspecified atom stereocenters. The van der Waals surface area contributed by atoms with Crippen LogP contribution in [0.1, 0.15) is 22.3 Å². The van der Waals surface area contributed by atoms with Crippen molar-refractivity contribution >= 4 is 54.3 Å². The Kier molecular flexibility index (Phi) is 4.97. The SMILES string of the molecule is c1ccc2c(c1)-c1ccccc1C21c2ccc(-c3cccc4c3oc3ccccc34)cc2-c2cc3c4ccccc4c4ccccc4c3cc21. The third-order valence-corrected chi connectivity index (χ3v) is 11.7.